The zero-order valence-corrected chi connectivity index (χ0v) is 66.1. The minimum absolute atomic E-state index is 0.0433. The predicted octanol–water partition coefficient (Wildman–Crippen LogP) is 1.03. The summed E-state index contributed by atoms with van der Waals surface area (Å²) in [5.41, 5.74) is 2.63. The van der Waals surface area contributed by atoms with E-state index in [1.165, 1.54) is 38.0 Å². The van der Waals surface area contributed by atoms with E-state index in [1.807, 2.05) is 50.0 Å². The predicted molar refractivity (Wildman–Crippen MR) is 416 cm³/mol. The molecule has 0 saturated carbocycles. The van der Waals surface area contributed by atoms with Crippen LogP contribution in [0.25, 0.3) is 10.9 Å². The van der Waals surface area contributed by atoms with Gasteiger partial charge in [-0.15, -0.1) is 0 Å². The third-order valence-electron chi connectivity index (χ3n) is 21.5. The maximum Gasteiger partial charge on any atom is 0.246 e. The molecule has 2 fully saturated rings. The number of amides is 12. The van der Waals surface area contributed by atoms with Crippen LogP contribution in [0, 0.1) is 5.82 Å². The molecule has 5 aromatic rings. The van der Waals surface area contributed by atoms with Crippen molar-refractivity contribution in [2.75, 3.05) is 101 Å². The molecule has 6 aliphatic heterocycles. The first kappa shape index (κ1) is 86.0. The Morgan fingerprint density at radius 1 is 0.684 bits per heavy atom. The molecule has 11 rings (SSSR count). The van der Waals surface area contributed by atoms with Crippen molar-refractivity contribution < 1.29 is 90.5 Å². The number of rotatable bonds is 15. The van der Waals surface area contributed by atoms with E-state index in [-0.39, 0.29) is 110 Å². The first-order valence-corrected chi connectivity index (χ1v) is 39.4. The first-order valence-electron chi connectivity index (χ1n) is 39.4. The quantitative estimate of drug-likeness (QED) is 0.0517. The van der Waals surface area contributed by atoms with Crippen molar-refractivity contribution in [1.29, 1.82) is 0 Å². The van der Waals surface area contributed by atoms with Crippen molar-refractivity contribution in [2.45, 2.75) is 184 Å². The Kier molecular flexibility index (Phi) is 30.2. The molecule has 1 aromatic heterocycles. The molecular formula is C82H110FN14O17+. The highest BCUT2D eigenvalue weighted by atomic mass is 19.1. The molecule has 12 amide bonds. The fourth-order valence-electron chi connectivity index (χ4n) is 14.9. The minimum Gasteiger partial charge on any atom is -0.497 e. The SMILES string of the molecule is COc1ccc(C[C@@H]2NC(=O)[C@H]([C@@H](C)O)NC(=O)[C@@H]3[C@@H]4CCN3C(=O)[C@@H]3Cc5cn(c6ccc(F)cc56)CCCCCN(Cc5ccc(cc5)CCNC(=O)[C@]5(C)CCCN5C2=O)C(=O)CCC(=O)N[C@@H](C)C(=O)N[C@H](CNC(=O)CCOCCOCC[N+](C)(C)C)C(=O)N[C@@H](Cc2cccc(c2)CNC(=O)CO4)C(=O)N3)cc1. The molecular weight excluding hydrogens is 1470 g/mol. The first-order chi connectivity index (χ1) is 54.5. The summed E-state index contributed by atoms with van der Waals surface area (Å²) in [7, 11) is 7.59. The number of nitrogens with one attached hydrogen (secondary N) is 9. The molecule has 4 aromatic carbocycles. The van der Waals surface area contributed by atoms with Crippen molar-refractivity contribution in [3.63, 3.8) is 0 Å². The van der Waals surface area contributed by atoms with Crippen molar-refractivity contribution in [3.8, 4) is 5.75 Å². The van der Waals surface area contributed by atoms with E-state index in [1.54, 1.807) is 72.6 Å². The van der Waals surface area contributed by atoms with Gasteiger partial charge in [-0.05, 0) is 129 Å². The van der Waals surface area contributed by atoms with Crippen LogP contribution < -0.4 is 52.6 Å². The highest BCUT2D eigenvalue weighted by molar-refractivity contribution is 6.00. The van der Waals surface area contributed by atoms with E-state index in [0.29, 0.717) is 88.6 Å². The molecule has 10 atom stereocenters. The topological polar surface area (TPSA) is 385 Å². The molecule has 12 bridgehead atoms. The Labute approximate surface area is 663 Å². The van der Waals surface area contributed by atoms with Gasteiger partial charge in [0.1, 0.15) is 72.6 Å². The minimum atomic E-state index is -1.86. The van der Waals surface area contributed by atoms with Crippen molar-refractivity contribution in [2.24, 2.45) is 0 Å². The summed E-state index contributed by atoms with van der Waals surface area (Å²) in [6.45, 7) is 5.36. The van der Waals surface area contributed by atoms with Gasteiger partial charge in [-0.2, -0.15) is 0 Å². The third kappa shape index (κ3) is 23.6. The summed E-state index contributed by atoms with van der Waals surface area (Å²) in [4.78, 5) is 182. The number of aryl methyl sites for hydroxylation is 1. The van der Waals surface area contributed by atoms with E-state index in [9.17, 15) is 33.9 Å². The number of aromatic nitrogens is 1. The third-order valence-corrected chi connectivity index (χ3v) is 21.5. The number of hydrogen-bond donors (Lipinski definition) is 10. The normalized spacial score (nSPS) is 24.6. The monoisotopic (exact) mass is 1580 g/mol. The van der Waals surface area contributed by atoms with Gasteiger partial charge in [0.25, 0.3) is 0 Å². The number of carbonyl (C=O) groups excluding carboxylic acids is 12. The average molecular weight is 1580 g/mol. The number of carbonyl (C=O) groups is 12. The number of likely N-dealkylation sites (N-methyl/N-ethyl adjacent to an activating group) is 1. The highest BCUT2D eigenvalue weighted by Gasteiger charge is 2.50. The lowest BCUT2D eigenvalue weighted by molar-refractivity contribution is -0.870. The number of hydrogen-bond acceptors (Lipinski definition) is 17. The molecule has 7 heterocycles. The maximum absolute atomic E-state index is 16.3. The van der Waals surface area contributed by atoms with Crippen LogP contribution in [0.3, 0.4) is 0 Å². The Bertz CT molecular complexity index is 4270. The molecule has 6 aliphatic rings. The van der Waals surface area contributed by atoms with Crippen molar-refractivity contribution in [3.05, 3.63) is 136 Å². The maximum atomic E-state index is 16.3. The highest BCUT2D eigenvalue weighted by Crippen LogP contribution is 2.32. The van der Waals surface area contributed by atoms with Crippen LogP contribution in [0.15, 0.2) is 97.2 Å². The van der Waals surface area contributed by atoms with Crippen LogP contribution in [-0.4, -0.2) is 260 Å². The Hall–Kier alpha value is -10.4. The molecule has 32 heteroatoms. The van der Waals surface area contributed by atoms with E-state index in [0.717, 1.165) is 22.6 Å². The van der Waals surface area contributed by atoms with Gasteiger partial charge < -0.3 is 95.7 Å². The lowest BCUT2D eigenvalue weighted by Gasteiger charge is -2.37. The molecule has 2 saturated heterocycles. The number of fused-ring (bicyclic) bond motifs is 16. The van der Waals surface area contributed by atoms with Crippen LogP contribution in [0.1, 0.15) is 112 Å². The largest absolute Gasteiger partial charge is 0.497 e. The van der Waals surface area contributed by atoms with Gasteiger partial charge >= 0.3 is 0 Å². The molecule has 10 N–H and O–H groups in total. The number of benzene rings is 4. The lowest BCUT2D eigenvalue weighted by atomic mass is 9.95. The molecule has 0 radical (unpaired) electrons. The van der Waals surface area contributed by atoms with Crippen LogP contribution in [0.4, 0.5) is 4.39 Å². The Morgan fingerprint density at radius 3 is 2.15 bits per heavy atom. The van der Waals surface area contributed by atoms with Gasteiger partial charge in [-0.25, -0.2) is 4.39 Å². The number of methoxy groups -OCH3 is 1. The van der Waals surface area contributed by atoms with Gasteiger partial charge in [-0.1, -0.05) is 60.7 Å². The number of aliphatic hydroxyl groups is 1. The van der Waals surface area contributed by atoms with Crippen molar-refractivity contribution in [1.82, 2.24) is 67.1 Å². The summed E-state index contributed by atoms with van der Waals surface area (Å²) < 4.78 is 41.5. The summed E-state index contributed by atoms with van der Waals surface area (Å²) in [6.07, 6.45) is -0.389. The number of ether oxygens (including phenoxy) is 4. The number of quaternary nitrogens is 1. The van der Waals surface area contributed by atoms with Crippen LogP contribution in [0.2, 0.25) is 0 Å². The zero-order valence-electron chi connectivity index (χ0n) is 66.1. The summed E-state index contributed by atoms with van der Waals surface area (Å²) >= 11 is 0. The molecule has 0 aliphatic carbocycles. The lowest BCUT2D eigenvalue weighted by Crippen LogP contribution is -2.64. The smallest absolute Gasteiger partial charge is 0.246 e. The second-order valence-electron chi connectivity index (χ2n) is 31.3. The molecule has 31 nitrogen and oxygen atoms in total. The van der Waals surface area contributed by atoms with Crippen LogP contribution >= 0.6 is 0 Å². The summed E-state index contributed by atoms with van der Waals surface area (Å²) in [6, 6.07) is 13.7. The van der Waals surface area contributed by atoms with Gasteiger partial charge in [-0.3, -0.25) is 57.5 Å². The standard InChI is InChI=1S/C82H109FN14O17/c1-51-74(103)91-65(47-86-68(99)29-37-112-39-40-113-38-36-97(4,5)6)76(105)88-62-43-56-13-11-14-57(41-56)46-85-70(101)50-114-67-28-35-95-73(67)78(107)92-72(52(2)98)77(106)90-63(42-54-19-22-60(111-7)23-20-54)80(109)96-34-12-30-82(96,3)81(110)84-31-27-53-15-17-55(18-16-53)48-94(71(102)26-25-69(100)87-51)33-10-8-9-32-93-49-58(44-64(79(95)108)89-75(62)104)61-45-59(83)21-24-66(61)93/h11,13-24,41,45,49,51-52,62-65,67,72-73,98H,8-10,12,25-40,42-44,46-48,50H2,1-7H3,(H8-,84,85,86,87,88,89,90,91,92,99,100,101,103,104,105,106,107,110)/p+1/t51-,52+,62-,63-,64-,65+,67-,72-,73-,82-/m0/s1. The van der Waals surface area contributed by atoms with E-state index in [2.05, 4.69) is 47.9 Å². The van der Waals surface area contributed by atoms with Gasteiger partial charge in [0.05, 0.1) is 66.9 Å². The molecule has 0 spiro atoms. The molecule has 616 valence electrons. The number of halogens is 1. The fourth-order valence-corrected chi connectivity index (χ4v) is 14.9. The van der Waals surface area contributed by atoms with Gasteiger partial charge in [0.2, 0.25) is 70.9 Å². The summed E-state index contributed by atoms with van der Waals surface area (Å²) in [5.74, 6) is -9.39. The second kappa shape index (κ2) is 40.1. The van der Waals surface area contributed by atoms with Crippen LogP contribution in [-0.2, 0) is 117 Å². The second-order valence-corrected chi connectivity index (χ2v) is 31.3. The van der Waals surface area contributed by atoms with Crippen molar-refractivity contribution >= 4 is 81.8 Å². The zero-order chi connectivity index (χ0) is 81.8. The van der Waals surface area contributed by atoms with E-state index < -0.39 is 150 Å². The molecule has 0 unspecified atom stereocenters. The fraction of sp³-hybridized carbons (Fsp3) is 0.537. The van der Waals surface area contributed by atoms with Gasteiger partial charge in [0.15, 0.2) is 0 Å². The van der Waals surface area contributed by atoms with Crippen LogP contribution in [0.5, 0.6) is 5.75 Å². The average Bonchev–Trinajstić information content (AvgIpc) is 1.60. The number of aliphatic hydroxyl groups excluding tert-OH is 1. The molecule has 114 heavy (non-hydrogen) atoms. The van der Waals surface area contributed by atoms with Gasteiger partial charge in [0, 0.05) is 108 Å². The van der Waals surface area contributed by atoms with E-state index >= 15 is 33.2 Å². The Balaban J connectivity index is 1.06. The summed E-state index contributed by atoms with van der Waals surface area (Å²) in [5, 5.41) is 36.9. The number of nitrogens with zero attached hydrogens (tertiary/aromatic N) is 5. The van der Waals surface area contributed by atoms with E-state index in [4.69, 9.17) is 18.9 Å². The Morgan fingerprint density at radius 2 is 1.40 bits per heavy atom.